The minimum absolute atomic E-state index is 0.210. The van der Waals surface area contributed by atoms with E-state index in [4.69, 9.17) is 5.11 Å². The van der Waals surface area contributed by atoms with E-state index in [0.717, 1.165) is 10.9 Å². The second kappa shape index (κ2) is 5.41. The van der Waals surface area contributed by atoms with Gasteiger partial charge in [0.25, 0.3) is 0 Å². The molecule has 21 heavy (non-hydrogen) atoms. The van der Waals surface area contributed by atoms with Crippen LogP contribution in [0.2, 0.25) is 0 Å². The Morgan fingerprint density at radius 3 is 2.52 bits per heavy atom. The largest absolute Gasteiger partial charge is 0.479 e. The Hall–Kier alpha value is -2.60. The number of aliphatic hydroxyl groups is 1. The van der Waals surface area contributed by atoms with Gasteiger partial charge in [-0.25, -0.2) is 9.59 Å². The molecule has 0 aliphatic rings. The lowest BCUT2D eigenvalue weighted by molar-refractivity contribution is -0.158. The highest BCUT2D eigenvalue weighted by molar-refractivity contribution is 5.89. The molecule has 2 rings (SSSR count). The van der Waals surface area contributed by atoms with Gasteiger partial charge in [0.2, 0.25) is 0 Å². The minimum atomic E-state index is -2.21. The van der Waals surface area contributed by atoms with Gasteiger partial charge in [0.05, 0.1) is 0 Å². The first-order chi connectivity index (χ1) is 9.83. The lowest BCUT2D eigenvalue weighted by Crippen LogP contribution is -2.41. The first-order valence-electron chi connectivity index (χ1n) is 6.25. The maximum Gasteiger partial charge on any atom is 0.336 e. The smallest absolute Gasteiger partial charge is 0.336 e. The summed E-state index contributed by atoms with van der Waals surface area (Å²) in [6, 6.07) is 7.26. The quantitative estimate of drug-likeness (QED) is 0.603. The third-order valence-electron chi connectivity index (χ3n) is 3.36. The number of hydrogen-bond donors (Lipinski definition) is 4. The third-order valence-corrected chi connectivity index (χ3v) is 3.36. The summed E-state index contributed by atoms with van der Waals surface area (Å²) in [6.45, 7) is 3.28. The third kappa shape index (κ3) is 2.95. The van der Waals surface area contributed by atoms with E-state index in [-0.39, 0.29) is 12.0 Å². The van der Waals surface area contributed by atoms with Crippen molar-refractivity contribution in [3.63, 3.8) is 0 Å². The van der Waals surface area contributed by atoms with Gasteiger partial charge in [0.15, 0.2) is 5.60 Å². The molecule has 1 atom stereocenters. The van der Waals surface area contributed by atoms with E-state index in [0.29, 0.717) is 5.56 Å². The van der Waals surface area contributed by atoms with Gasteiger partial charge in [-0.3, -0.25) is 0 Å². The van der Waals surface area contributed by atoms with E-state index >= 15 is 0 Å². The van der Waals surface area contributed by atoms with Gasteiger partial charge < -0.3 is 20.3 Å². The molecule has 0 unspecified atom stereocenters. The predicted molar refractivity (Wildman–Crippen MR) is 76.0 cm³/mol. The number of aliphatic carboxylic acids is 2. The number of hydrogen-bond acceptors (Lipinski definition) is 3. The summed E-state index contributed by atoms with van der Waals surface area (Å²) in [5, 5.41) is 29.1. The monoisotopic (exact) mass is 289 g/mol. The fourth-order valence-corrected chi connectivity index (χ4v) is 2.24. The SMILES string of the molecule is C=C(C[C@@](O)(Cc1c[nH]c2ccccc12)C(=O)O)C(=O)O. The first kappa shape index (κ1) is 14.8. The summed E-state index contributed by atoms with van der Waals surface area (Å²) in [5.41, 5.74) is -1.13. The van der Waals surface area contributed by atoms with E-state index < -0.39 is 24.0 Å². The van der Waals surface area contributed by atoms with E-state index in [2.05, 4.69) is 11.6 Å². The van der Waals surface area contributed by atoms with Gasteiger partial charge in [0.1, 0.15) is 0 Å². The van der Waals surface area contributed by atoms with Crippen molar-refractivity contribution in [1.82, 2.24) is 4.98 Å². The number of carboxylic acids is 2. The van der Waals surface area contributed by atoms with Gasteiger partial charge >= 0.3 is 11.9 Å². The molecule has 0 fully saturated rings. The lowest BCUT2D eigenvalue weighted by atomic mass is 9.88. The van der Waals surface area contributed by atoms with E-state index in [1.165, 1.54) is 0 Å². The molecule has 0 saturated carbocycles. The maximum absolute atomic E-state index is 11.3. The second-order valence-corrected chi connectivity index (χ2v) is 4.96. The number of aromatic nitrogens is 1. The summed E-state index contributed by atoms with van der Waals surface area (Å²) < 4.78 is 0. The van der Waals surface area contributed by atoms with Gasteiger partial charge in [-0.05, 0) is 11.6 Å². The molecule has 0 radical (unpaired) electrons. The molecule has 0 aliphatic carbocycles. The van der Waals surface area contributed by atoms with E-state index in [1.807, 2.05) is 12.1 Å². The topological polar surface area (TPSA) is 111 Å². The number of rotatable bonds is 6. The van der Waals surface area contributed by atoms with Gasteiger partial charge in [0, 0.05) is 35.5 Å². The van der Waals surface area contributed by atoms with Crippen molar-refractivity contribution in [3.8, 4) is 0 Å². The molecule has 110 valence electrons. The minimum Gasteiger partial charge on any atom is -0.479 e. The van der Waals surface area contributed by atoms with E-state index in [9.17, 15) is 19.8 Å². The zero-order valence-electron chi connectivity index (χ0n) is 11.2. The van der Waals surface area contributed by atoms with Crippen LogP contribution in [0.1, 0.15) is 12.0 Å². The molecule has 4 N–H and O–H groups in total. The van der Waals surface area contributed by atoms with Crippen molar-refractivity contribution in [3.05, 3.63) is 48.2 Å². The molecule has 6 heteroatoms. The summed E-state index contributed by atoms with van der Waals surface area (Å²) in [6.07, 6.45) is 0.859. The number of para-hydroxylation sites is 1. The van der Waals surface area contributed by atoms with Crippen LogP contribution in [0.15, 0.2) is 42.6 Å². The fourth-order valence-electron chi connectivity index (χ4n) is 2.24. The van der Waals surface area contributed by atoms with Crippen molar-refractivity contribution < 1.29 is 24.9 Å². The van der Waals surface area contributed by atoms with Crippen LogP contribution >= 0.6 is 0 Å². The number of benzene rings is 1. The van der Waals surface area contributed by atoms with Crippen LogP contribution in [0, 0.1) is 0 Å². The van der Waals surface area contributed by atoms with Crippen LogP contribution in [0.25, 0.3) is 10.9 Å². The molecule has 0 amide bonds. The van der Waals surface area contributed by atoms with Crippen molar-refractivity contribution in [1.29, 1.82) is 0 Å². The summed E-state index contributed by atoms with van der Waals surface area (Å²) in [4.78, 5) is 25.1. The standard InChI is InChI=1S/C15H15NO5/c1-9(13(17)18)6-15(21,14(19)20)7-10-8-16-12-5-3-2-4-11(10)12/h2-5,8,16,21H,1,6-7H2,(H,17,18)(H,19,20)/t15-/m1/s1. The summed E-state index contributed by atoms with van der Waals surface area (Å²) >= 11 is 0. The molecule has 0 saturated heterocycles. The lowest BCUT2D eigenvalue weighted by Gasteiger charge is -2.23. The van der Waals surface area contributed by atoms with Gasteiger partial charge in [-0.1, -0.05) is 24.8 Å². The van der Waals surface area contributed by atoms with Crippen LogP contribution < -0.4 is 0 Å². The molecular weight excluding hydrogens is 274 g/mol. The number of fused-ring (bicyclic) bond motifs is 1. The molecule has 1 aromatic carbocycles. The average molecular weight is 289 g/mol. The fraction of sp³-hybridized carbons (Fsp3) is 0.200. The number of carbonyl (C=O) groups is 2. The number of H-pyrrole nitrogens is 1. The Morgan fingerprint density at radius 2 is 1.90 bits per heavy atom. The van der Waals surface area contributed by atoms with E-state index in [1.54, 1.807) is 18.3 Å². The molecule has 1 heterocycles. The summed E-state index contributed by atoms with van der Waals surface area (Å²) in [7, 11) is 0. The van der Waals surface area contributed by atoms with Crippen LogP contribution in [0.3, 0.4) is 0 Å². The van der Waals surface area contributed by atoms with Gasteiger partial charge in [-0.15, -0.1) is 0 Å². The molecule has 0 bridgehead atoms. The number of nitrogens with one attached hydrogen (secondary N) is 1. The predicted octanol–water partition coefficient (Wildman–Crippen LogP) is 1.56. The number of carboxylic acid groups (broad SMARTS) is 2. The Labute approximate surface area is 120 Å². The normalized spacial score (nSPS) is 13.8. The van der Waals surface area contributed by atoms with Crippen molar-refractivity contribution in [2.24, 2.45) is 0 Å². The Kier molecular flexibility index (Phi) is 3.82. The zero-order chi connectivity index (χ0) is 15.6. The van der Waals surface area contributed by atoms with Crippen LogP contribution in [0.4, 0.5) is 0 Å². The highest BCUT2D eigenvalue weighted by Gasteiger charge is 2.38. The molecule has 2 aromatic rings. The molecule has 1 aromatic heterocycles. The van der Waals surface area contributed by atoms with Crippen LogP contribution in [-0.4, -0.2) is 37.8 Å². The van der Waals surface area contributed by atoms with Crippen molar-refractivity contribution in [2.45, 2.75) is 18.4 Å². The van der Waals surface area contributed by atoms with Crippen LogP contribution in [-0.2, 0) is 16.0 Å². The number of aromatic amines is 1. The first-order valence-corrected chi connectivity index (χ1v) is 6.25. The highest BCUT2D eigenvalue weighted by atomic mass is 16.4. The summed E-state index contributed by atoms with van der Waals surface area (Å²) in [5.74, 6) is -2.80. The van der Waals surface area contributed by atoms with Crippen LogP contribution in [0.5, 0.6) is 0 Å². The molecule has 0 aliphatic heterocycles. The maximum atomic E-state index is 11.3. The average Bonchev–Trinajstić information content (AvgIpc) is 2.81. The Morgan fingerprint density at radius 1 is 1.24 bits per heavy atom. The van der Waals surface area contributed by atoms with Gasteiger partial charge in [-0.2, -0.15) is 0 Å². The molecule has 0 spiro atoms. The second-order valence-electron chi connectivity index (χ2n) is 4.96. The molecular formula is C15H15NO5. The van der Waals surface area contributed by atoms with Crippen molar-refractivity contribution in [2.75, 3.05) is 0 Å². The van der Waals surface area contributed by atoms with Crippen molar-refractivity contribution >= 4 is 22.8 Å². The Bertz CT molecular complexity index is 718. The Balaban J connectivity index is 2.34. The zero-order valence-corrected chi connectivity index (χ0v) is 11.2. The molecule has 6 nitrogen and oxygen atoms in total. The highest BCUT2D eigenvalue weighted by Crippen LogP contribution is 2.26.